The number of carbonyl (C=O) groups excluding carboxylic acids is 1. The molecular weight excluding hydrogens is 326 g/mol. The summed E-state index contributed by atoms with van der Waals surface area (Å²) in [4.78, 5) is 13.6. The van der Waals surface area contributed by atoms with Crippen molar-refractivity contribution >= 4 is 24.3 Å². The van der Waals surface area contributed by atoms with Gasteiger partial charge in [0.25, 0.3) is 0 Å². The van der Waals surface area contributed by atoms with Crippen LogP contribution >= 0.6 is 12.6 Å². The third-order valence-electron chi connectivity index (χ3n) is 2.62. The summed E-state index contributed by atoms with van der Waals surface area (Å²) in [6, 6.07) is 0. The van der Waals surface area contributed by atoms with E-state index in [1.807, 2.05) is 0 Å². The third-order valence-corrected chi connectivity index (χ3v) is 2.94. The number of nitrogens with zero attached hydrogens (tertiary/aromatic N) is 3. The van der Waals surface area contributed by atoms with Gasteiger partial charge in [0.1, 0.15) is 11.3 Å². The topological polar surface area (TPSA) is 75.1 Å². The Balaban J connectivity index is 3.00. The van der Waals surface area contributed by atoms with E-state index in [0.29, 0.717) is 18.6 Å². The molecule has 0 unspecified atom stereocenters. The van der Waals surface area contributed by atoms with Crippen molar-refractivity contribution in [3.63, 3.8) is 0 Å². The van der Waals surface area contributed by atoms with E-state index in [9.17, 15) is 22.4 Å². The molecule has 0 radical (unpaired) electrons. The average molecular weight is 337 g/mol. The minimum Gasteiger partial charge on any atom is -0.462 e. The number of rotatable bonds is 7. The van der Waals surface area contributed by atoms with Crippen molar-refractivity contribution < 1.29 is 27.1 Å². The summed E-state index contributed by atoms with van der Waals surface area (Å²) in [5.41, 5.74) is 5.12. The predicted octanol–water partition coefficient (Wildman–Crippen LogP) is 4.44. The highest BCUT2D eigenvalue weighted by Gasteiger charge is 2.29. The van der Waals surface area contributed by atoms with E-state index < -0.39 is 40.5 Å². The van der Waals surface area contributed by atoms with Crippen molar-refractivity contribution in [1.82, 2.24) is 0 Å². The van der Waals surface area contributed by atoms with E-state index in [2.05, 4.69) is 27.4 Å². The van der Waals surface area contributed by atoms with Gasteiger partial charge < -0.3 is 4.74 Å². The molecule has 0 bridgehead atoms. The molecule has 10 heteroatoms. The summed E-state index contributed by atoms with van der Waals surface area (Å²) in [7, 11) is 0. The Labute approximate surface area is 128 Å². The molecule has 0 N–H and O–H groups in total. The van der Waals surface area contributed by atoms with Gasteiger partial charge >= 0.3 is 5.97 Å². The molecule has 0 heterocycles. The number of ether oxygens (including phenoxy) is 1. The molecule has 0 saturated heterocycles. The minimum absolute atomic E-state index is 0.160. The number of hydrogen-bond acceptors (Lipinski definition) is 4. The summed E-state index contributed by atoms with van der Waals surface area (Å²) < 4.78 is 58.8. The van der Waals surface area contributed by atoms with E-state index in [0.717, 1.165) is 6.42 Å². The Morgan fingerprint density at radius 3 is 2.18 bits per heavy atom. The molecule has 0 aliphatic carbocycles. The minimum atomic E-state index is -1.97. The molecule has 5 nitrogen and oxygen atoms in total. The van der Waals surface area contributed by atoms with Crippen molar-refractivity contribution in [2.45, 2.75) is 19.3 Å². The lowest BCUT2D eigenvalue weighted by Crippen LogP contribution is -2.14. The van der Waals surface area contributed by atoms with Crippen molar-refractivity contribution in [3.05, 3.63) is 39.3 Å². The molecule has 1 aromatic rings. The van der Waals surface area contributed by atoms with E-state index in [1.54, 1.807) is 0 Å². The van der Waals surface area contributed by atoms with Gasteiger partial charge in [-0.3, -0.25) is 0 Å². The number of hydrogen-bond donors (Lipinski definition) is 1. The molecule has 0 aromatic heterocycles. The Kier molecular flexibility index (Phi) is 7.00. The van der Waals surface area contributed by atoms with E-state index in [4.69, 9.17) is 5.53 Å². The Morgan fingerprint density at radius 2 is 1.68 bits per heavy atom. The van der Waals surface area contributed by atoms with E-state index >= 15 is 0 Å². The molecule has 22 heavy (non-hydrogen) atoms. The maximum absolute atomic E-state index is 13.6. The zero-order chi connectivity index (χ0) is 16.7. The van der Waals surface area contributed by atoms with Crippen molar-refractivity contribution in [2.75, 3.05) is 12.4 Å². The summed E-state index contributed by atoms with van der Waals surface area (Å²) in [6.45, 7) is -0.160. The first-order chi connectivity index (χ1) is 10.5. The second kappa shape index (κ2) is 8.50. The van der Waals surface area contributed by atoms with Gasteiger partial charge in [-0.15, -0.1) is 0 Å². The Morgan fingerprint density at radius 1 is 1.09 bits per heavy atom. The van der Waals surface area contributed by atoms with Crippen LogP contribution < -0.4 is 0 Å². The highest BCUT2D eigenvalue weighted by Crippen LogP contribution is 2.30. The van der Waals surface area contributed by atoms with Gasteiger partial charge in [-0.1, -0.05) is 5.11 Å². The molecule has 0 fully saturated rings. The molecule has 0 aliphatic rings. The number of carbonyl (C=O) groups is 1. The number of esters is 1. The maximum Gasteiger partial charge on any atom is 0.344 e. The molecular formula is C12H11F4N3O2S. The van der Waals surface area contributed by atoms with Crippen LogP contribution in [0.4, 0.5) is 23.2 Å². The maximum atomic E-state index is 13.6. The van der Waals surface area contributed by atoms with Crippen LogP contribution in [-0.2, 0) is 4.74 Å². The fourth-order valence-corrected chi connectivity index (χ4v) is 1.78. The van der Waals surface area contributed by atoms with Crippen LogP contribution in [0.2, 0.25) is 0 Å². The van der Waals surface area contributed by atoms with Crippen LogP contribution in [0.25, 0.3) is 10.4 Å². The SMILES string of the molecule is [N-]=[N+]=Nc1c(F)c(F)c(C(=O)OCCCCCS)c(F)c1F. The van der Waals surface area contributed by atoms with Gasteiger partial charge in [0.15, 0.2) is 23.3 Å². The molecule has 120 valence electrons. The van der Waals surface area contributed by atoms with Gasteiger partial charge in [-0.25, -0.2) is 22.4 Å². The molecule has 0 aliphatic heterocycles. The lowest BCUT2D eigenvalue weighted by atomic mass is 10.1. The summed E-state index contributed by atoms with van der Waals surface area (Å²) in [6.07, 6.45) is 1.84. The van der Waals surface area contributed by atoms with Gasteiger partial charge in [0, 0.05) is 4.91 Å². The number of unbranched alkanes of at least 4 members (excludes halogenated alkanes) is 2. The fourth-order valence-electron chi connectivity index (χ4n) is 1.56. The zero-order valence-corrected chi connectivity index (χ0v) is 12.0. The smallest absolute Gasteiger partial charge is 0.344 e. The predicted molar refractivity (Wildman–Crippen MR) is 73.1 cm³/mol. The van der Waals surface area contributed by atoms with Crippen molar-refractivity contribution in [1.29, 1.82) is 0 Å². The second-order valence-electron chi connectivity index (χ2n) is 4.09. The molecule has 0 amide bonds. The quantitative estimate of drug-likeness (QED) is 0.117. The third kappa shape index (κ3) is 4.05. The first kappa shape index (κ1) is 18.1. The fraction of sp³-hybridized carbons (Fsp3) is 0.417. The molecule has 1 aromatic carbocycles. The monoisotopic (exact) mass is 337 g/mol. The Hall–Kier alpha value is -1.93. The van der Waals surface area contributed by atoms with Crippen molar-refractivity contribution in [3.8, 4) is 0 Å². The number of benzene rings is 1. The first-order valence-electron chi connectivity index (χ1n) is 6.14. The van der Waals surface area contributed by atoms with Gasteiger partial charge in [0.2, 0.25) is 0 Å². The summed E-state index contributed by atoms with van der Waals surface area (Å²) >= 11 is 3.97. The molecule has 0 spiro atoms. The highest BCUT2D eigenvalue weighted by molar-refractivity contribution is 7.80. The van der Waals surface area contributed by atoms with Crippen LogP contribution in [-0.4, -0.2) is 18.3 Å². The number of azide groups is 1. The van der Waals surface area contributed by atoms with Crippen LogP contribution in [0, 0.1) is 23.3 Å². The average Bonchev–Trinajstić information content (AvgIpc) is 2.49. The standard InChI is InChI=1S/C12H11F4N3O2S/c13-7-6(12(20)21-4-2-1-3-5-22)8(14)10(16)11(9(7)15)18-19-17/h22H,1-5H2. The second-order valence-corrected chi connectivity index (χ2v) is 4.54. The van der Waals surface area contributed by atoms with Gasteiger partial charge in [-0.2, -0.15) is 12.6 Å². The zero-order valence-electron chi connectivity index (χ0n) is 11.2. The normalized spacial score (nSPS) is 10.2. The number of thiol groups is 1. The van der Waals surface area contributed by atoms with E-state index in [1.165, 1.54) is 0 Å². The van der Waals surface area contributed by atoms with Crippen LogP contribution in [0.1, 0.15) is 29.6 Å². The van der Waals surface area contributed by atoms with Crippen molar-refractivity contribution in [2.24, 2.45) is 5.11 Å². The van der Waals surface area contributed by atoms with Crippen LogP contribution in [0.3, 0.4) is 0 Å². The van der Waals surface area contributed by atoms with Gasteiger partial charge in [-0.05, 0) is 30.5 Å². The molecule has 0 atom stereocenters. The largest absolute Gasteiger partial charge is 0.462 e. The lowest BCUT2D eigenvalue weighted by Gasteiger charge is -2.09. The highest BCUT2D eigenvalue weighted by atomic mass is 32.1. The first-order valence-corrected chi connectivity index (χ1v) is 6.78. The Bertz CT molecular complexity index is 592. The molecule has 1 rings (SSSR count). The van der Waals surface area contributed by atoms with E-state index in [-0.39, 0.29) is 6.61 Å². The number of halogens is 4. The molecule has 0 saturated carbocycles. The van der Waals surface area contributed by atoms with Crippen LogP contribution in [0.5, 0.6) is 0 Å². The lowest BCUT2D eigenvalue weighted by molar-refractivity contribution is 0.0484. The summed E-state index contributed by atoms with van der Waals surface area (Å²) in [5, 5.41) is 2.51. The van der Waals surface area contributed by atoms with Crippen LogP contribution in [0.15, 0.2) is 5.11 Å². The summed E-state index contributed by atoms with van der Waals surface area (Å²) in [5.74, 6) is -8.76. The van der Waals surface area contributed by atoms with Gasteiger partial charge in [0.05, 0.1) is 6.61 Å².